The van der Waals surface area contributed by atoms with Gasteiger partial charge in [-0.1, -0.05) is 0 Å². The smallest absolute Gasteiger partial charge is 0.122 e. The van der Waals surface area contributed by atoms with E-state index in [2.05, 4.69) is 42.9 Å². The summed E-state index contributed by atoms with van der Waals surface area (Å²) in [4.78, 5) is 7.00. The molecule has 0 aliphatic carbocycles. The number of pyridine rings is 1. The summed E-state index contributed by atoms with van der Waals surface area (Å²) >= 11 is 0. The van der Waals surface area contributed by atoms with Gasteiger partial charge in [-0.2, -0.15) is 0 Å². The molecule has 4 heteroatoms. The van der Waals surface area contributed by atoms with Gasteiger partial charge in [0.25, 0.3) is 0 Å². The Balaban J connectivity index is 2.42. The van der Waals surface area contributed by atoms with E-state index in [1.165, 1.54) is 0 Å². The van der Waals surface area contributed by atoms with Crippen molar-refractivity contribution in [3.63, 3.8) is 0 Å². The molecule has 1 heterocycles. The first-order chi connectivity index (χ1) is 9.43. The normalized spacial score (nSPS) is 11.7. The van der Waals surface area contributed by atoms with Crippen LogP contribution in [0.25, 0.3) is 0 Å². The summed E-state index contributed by atoms with van der Waals surface area (Å²) in [5.41, 5.74) is 2.02. The predicted molar refractivity (Wildman–Crippen MR) is 84.2 cm³/mol. The van der Waals surface area contributed by atoms with E-state index in [0.717, 1.165) is 36.8 Å². The monoisotopic (exact) mass is 279 g/mol. The molecule has 1 aromatic rings. The van der Waals surface area contributed by atoms with Crippen molar-refractivity contribution in [2.75, 3.05) is 20.2 Å². The van der Waals surface area contributed by atoms with Gasteiger partial charge in [0.15, 0.2) is 0 Å². The third kappa shape index (κ3) is 5.47. The number of hydrogen-bond donors (Lipinski definition) is 1. The Bertz CT molecular complexity index is 397. The van der Waals surface area contributed by atoms with Crippen LogP contribution in [0.3, 0.4) is 0 Å². The SMILES string of the molecule is COc1cc(C)nc(CNCCN(C(C)C)C(C)C)c1. The maximum absolute atomic E-state index is 5.27. The predicted octanol–water partition coefficient (Wildman–Crippen LogP) is 2.61. The summed E-state index contributed by atoms with van der Waals surface area (Å²) in [5.74, 6) is 0.875. The zero-order valence-electron chi connectivity index (χ0n) is 13.7. The Morgan fingerprint density at radius 3 is 2.40 bits per heavy atom. The van der Waals surface area contributed by atoms with Crippen molar-refractivity contribution in [1.82, 2.24) is 15.2 Å². The molecule has 114 valence electrons. The number of ether oxygens (including phenoxy) is 1. The number of nitrogens with one attached hydrogen (secondary N) is 1. The lowest BCUT2D eigenvalue weighted by atomic mass is 10.2. The fourth-order valence-electron chi connectivity index (χ4n) is 2.45. The molecule has 1 N–H and O–H groups in total. The van der Waals surface area contributed by atoms with E-state index in [9.17, 15) is 0 Å². The molecule has 1 aromatic heterocycles. The highest BCUT2D eigenvalue weighted by molar-refractivity contribution is 5.26. The van der Waals surface area contributed by atoms with E-state index in [1.54, 1.807) is 7.11 Å². The van der Waals surface area contributed by atoms with Crippen LogP contribution in [0.5, 0.6) is 5.75 Å². The first kappa shape index (κ1) is 16.9. The molecule has 0 aliphatic rings. The molecule has 4 nitrogen and oxygen atoms in total. The molecule has 0 bridgehead atoms. The van der Waals surface area contributed by atoms with Crippen LogP contribution in [0, 0.1) is 6.92 Å². The third-order valence-corrected chi connectivity index (χ3v) is 3.40. The van der Waals surface area contributed by atoms with E-state index in [1.807, 2.05) is 19.1 Å². The maximum Gasteiger partial charge on any atom is 0.122 e. The fraction of sp³-hybridized carbons (Fsp3) is 0.688. The molecule has 0 saturated carbocycles. The number of rotatable bonds is 8. The molecule has 0 radical (unpaired) electrons. The second-order valence-corrected chi connectivity index (χ2v) is 5.74. The zero-order valence-corrected chi connectivity index (χ0v) is 13.7. The molecular weight excluding hydrogens is 250 g/mol. The molecule has 0 amide bonds. The van der Waals surface area contributed by atoms with Gasteiger partial charge in [0, 0.05) is 49.5 Å². The van der Waals surface area contributed by atoms with Gasteiger partial charge in [0.1, 0.15) is 5.75 Å². The standard InChI is InChI=1S/C16H29N3O/c1-12(2)19(13(3)4)8-7-17-11-15-10-16(20-6)9-14(5)18-15/h9-10,12-13,17H,7-8,11H2,1-6H3. The second kappa shape index (κ2) is 8.22. The first-order valence-corrected chi connectivity index (χ1v) is 7.42. The molecule has 1 rings (SSSR count). The van der Waals surface area contributed by atoms with Crippen molar-refractivity contribution in [3.05, 3.63) is 23.5 Å². The lowest BCUT2D eigenvalue weighted by molar-refractivity contribution is 0.175. The minimum atomic E-state index is 0.578. The van der Waals surface area contributed by atoms with Gasteiger partial charge < -0.3 is 10.1 Å². The molecule has 0 saturated heterocycles. The molecule has 0 spiro atoms. The number of nitrogens with zero attached hydrogens (tertiary/aromatic N) is 2. The molecule has 0 aromatic carbocycles. The summed E-state index contributed by atoms with van der Waals surface area (Å²) in [5, 5.41) is 3.46. The van der Waals surface area contributed by atoms with Crippen LogP contribution >= 0.6 is 0 Å². The quantitative estimate of drug-likeness (QED) is 0.742. The van der Waals surface area contributed by atoms with E-state index in [-0.39, 0.29) is 0 Å². The third-order valence-electron chi connectivity index (χ3n) is 3.40. The van der Waals surface area contributed by atoms with Crippen LogP contribution in [0.4, 0.5) is 0 Å². The highest BCUT2D eigenvalue weighted by Crippen LogP contribution is 2.13. The summed E-state index contributed by atoms with van der Waals surface area (Å²) in [7, 11) is 1.69. The average Bonchev–Trinajstić information content (AvgIpc) is 2.36. The summed E-state index contributed by atoms with van der Waals surface area (Å²) < 4.78 is 5.27. The van der Waals surface area contributed by atoms with E-state index >= 15 is 0 Å². The maximum atomic E-state index is 5.27. The Labute approximate surface area is 123 Å². The molecule has 0 unspecified atom stereocenters. The van der Waals surface area contributed by atoms with Crippen LogP contribution in [-0.4, -0.2) is 42.2 Å². The van der Waals surface area contributed by atoms with Gasteiger partial charge >= 0.3 is 0 Å². The topological polar surface area (TPSA) is 37.4 Å². The van der Waals surface area contributed by atoms with Crippen molar-refractivity contribution in [3.8, 4) is 5.75 Å². The number of methoxy groups -OCH3 is 1. The van der Waals surface area contributed by atoms with Gasteiger partial charge in [-0.3, -0.25) is 9.88 Å². The van der Waals surface area contributed by atoms with E-state index in [4.69, 9.17) is 4.74 Å². The van der Waals surface area contributed by atoms with Crippen LogP contribution in [0.1, 0.15) is 39.1 Å². The van der Waals surface area contributed by atoms with Gasteiger partial charge in [-0.25, -0.2) is 0 Å². The van der Waals surface area contributed by atoms with E-state index < -0.39 is 0 Å². The van der Waals surface area contributed by atoms with Crippen LogP contribution in [0.15, 0.2) is 12.1 Å². The lowest BCUT2D eigenvalue weighted by Crippen LogP contribution is -2.41. The van der Waals surface area contributed by atoms with Gasteiger partial charge in [-0.05, 0) is 34.6 Å². The van der Waals surface area contributed by atoms with Gasteiger partial charge in [-0.15, -0.1) is 0 Å². The van der Waals surface area contributed by atoms with Crippen molar-refractivity contribution >= 4 is 0 Å². The van der Waals surface area contributed by atoms with Crippen LogP contribution in [0.2, 0.25) is 0 Å². The Hall–Kier alpha value is -1.13. The summed E-state index contributed by atoms with van der Waals surface area (Å²) in [6.07, 6.45) is 0. The number of hydrogen-bond acceptors (Lipinski definition) is 4. The van der Waals surface area contributed by atoms with Crippen molar-refractivity contribution in [2.45, 2.75) is 53.2 Å². The largest absolute Gasteiger partial charge is 0.497 e. The highest BCUT2D eigenvalue weighted by atomic mass is 16.5. The number of aryl methyl sites for hydroxylation is 1. The first-order valence-electron chi connectivity index (χ1n) is 7.42. The molecule has 0 fully saturated rings. The Morgan fingerprint density at radius 2 is 1.85 bits per heavy atom. The van der Waals surface area contributed by atoms with Gasteiger partial charge in [0.2, 0.25) is 0 Å². The van der Waals surface area contributed by atoms with Crippen molar-refractivity contribution in [2.24, 2.45) is 0 Å². The zero-order chi connectivity index (χ0) is 15.1. The molecule has 0 aliphatic heterocycles. The fourth-order valence-corrected chi connectivity index (χ4v) is 2.45. The molecule has 0 atom stereocenters. The minimum absolute atomic E-state index is 0.578. The minimum Gasteiger partial charge on any atom is -0.497 e. The van der Waals surface area contributed by atoms with Crippen molar-refractivity contribution < 1.29 is 4.74 Å². The second-order valence-electron chi connectivity index (χ2n) is 5.74. The van der Waals surface area contributed by atoms with Crippen molar-refractivity contribution in [1.29, 1.82) is 0 Å². The van der Waals surface area contributed by atoms with Crippen LogP contribution in [-0.2, 0) is 6.54 Å². The Morgan fingerprint density at radius 1 is 1.20 bits per heavy atom. The number of aromatic nitrogens is 1. The van der Waals surface area contributed by atoms with Crippen LogP contribution < -0.4 is 10.1 Å². The Kier molecular flexibility index (Phi) is 6.96. The summed E-state index contributed by atoms with van der Waals surface area (Å²) in [6, 6.07) is 5.09. The molecular formula is C16H29N3O. The van der Waals surface area contributed by atoms with Gasteiger partial charge in [0.05, 0.1) is 12.8 Å². The lowest BCUT2D eigenvalue weighted by Gasteiger charge is -2.30. The highest BCUT2D eigenvalue weighted by Gasteiger charge is 2.12. The molecule has 20 heavy (non-hydrogen) atoms. The van der Waals surface area contributed by atoms with E-state index in [0.29, 0.717) is 12.1 Å². The summed E-state index contributed by atoms with van der Waals surface area (Å²) in [6.45, 7) is 13.8. The average molecular weight is 279 g/mol.